The van der Waals surface area contributed by atoms with Gasteiger partial charge in [0, 0.05) is 5.02 Å². The fourth-order valence-corrected chi connectivity index (χ4v) is 3.95. The minimum Gasteiger partial charge on any atom is -0.324 e. The Bertz CT molecular complexity index is 994. The van der Waals surface area contributed by atoms with Gasteiger partial charge < -0.3 is 5.32 Å². The summed E-state index contributed by atoms with van der Waals surface area (Å²) in [7, 11) is -3.93. The van der Waals surface area contributed by atoms with Crippen LogP contribution in [0.15, 0.2) is 42.5 Å². The van der Waals surface area contributed by atoms with Gasteiger partial charge in [0.25, 0.3) is 0 Å². The van der Waals surface area contributed by atoms with Crippen LogP contribution in [0, 0.1) is 6.92 Å². The minimum absolute atomic E-state index is 0.129. The molecule has 0 heterocycles. The molecule has 0 saturated heterocycles. The molecule has 1 amide bonds. The van der Waals surface area contributed by atoms with Crippen molar-refractivity contribution in [2.75, 3.05) is 15.9 Å². The van der Waals surface area contributed by atoms with Gasteiger partial charge in [0.2, 0.25) is 15.9 Å². The van der Waals surface area contributed by atoms with Crippen molar-refractivity contribution in [2.24, 2.45) is 0 Å². The maximum atomic E-state index is 13.1. The van der Waals surface area contributed by atoms with Crippen molar-refractivity contribution < 1.29 is 26.4 Å². The number of halogens is 4. The number of alkyl halides is 3. The summed E-state index contributed by atoms with van der Waals surface area (Å²) in [5, 5.41) is 2.46. The number of para-hydroxylation sites is 1. The second-order valence-corrected chi connectivity index (χ2v) is 8.47. The van der Waals surface area contributed by atoms with E-state index in [1.807, 2.05) is 0 Å². The Hall–Kier alpha value is -2.26. The normalized spacial score (nSPS) is 13.1. The zero-order chi connectivity index (χ0) is 21.3. The average Bonchev–Trinajstić information content (AvgIpc) is 2.56. The summed E-state index contributed by atoms with van der Waals surface area (Å²) in [6, 6.07) is 7.56. The molecule has 0 aliphatic rings. The molecule has 10 heteroatoms. The number of sulfonamides is 1. The van der Waals surface area contributed by atoms with Crippen molar-refractivity contribution in [3.8, 4) is 0 Å². The summed E-state index contributed by atoms with van der Waals surface area (Å²) in [6.07, 6.45) is -3.78. The highest BCUT2D eigenvalue weighted by Gasteiger charge is 2.35. The van der Waals surface area contributed by atoms with E-state index in [4.69, 9.17) is 11.6 Å². The lowest BCUT2D eigenvalue weighted by molar-refractivity contribution is -0.137. The van der Waals surface area contributed by atoms with Crippen molar-refractivity contribution in [2.45, 2.75) is 26.1 Å². The van der Waals surface area contributed by atoms with Gasteiger partial charge in [-0.25, -0.2) is 8.42 Å². The summed E-state index contributed by atoms with van der Waals surface area (Å²) in [5.41, 5.74) is -0.651. The van der Waals surface area contributed by atoms with Gasteiger partial charge in [-0.05, 0) is 43.7 Å². The lowest BCUT2D eigenvalue weighted by Crippen LogP contribution is -2.45. The van der Waals surface area contributed by atoms with E-state index in [0.29, 0.717) is 10.6 Å². The van der Waals surface area contributed by atoms with E-state index in [1.165, 1.54) is 31.2 Å². The molecule has 152 valence electrons. The maximum Gasteiger partial charge on any atom is 0.418 e. The van der Waals surface area contributed by atoms with Crippen molar-refractivity contribution in [1.82, 2.24) is 0 Å². The van der Waals surface area contributed by atoms with Crippen LogP contribution in [-0.4, -0.2) is 26.6 Å². The number of carbonyl (C=O) groups is 1. The number of nitrogens with zero attached hydrogens (tertiary/aromatic N) is 1. The molecule has 0 aromatic heterocycles. The fourth-order valence-electron chi connectivity index (χ4n) is 2.60. The quantitative estimate of drug-likeness (QED) is 0.755. The van der Waals surface area contributed by atoms with E-state index in [9.17, 15) is 26.4 Å². The molecule has 2 aromatic carbocycles. The summed E-state index contributed by atoms with van der Waals surface area (Å²) in [4.78, 5) is 12.6. The lowest BCUT2D eigenvalue weighted by atomic mass is 10.1. The van der Waals surface area contributed by atoms with Crippen LogP contribution in [0.1, 0.15) is 18.1 Å². The SMILES string of the molecule is Cc1ccc(N([C@H](C)C(=O)Nc2ccccc2C(F)(F)F)S(C)(=O)=O)cc1Cl. The van der Waals surface area contributed by atoms with E-state index in [-0.39, 0.29) is 5.69 Å². The molecule has 2 aromatic rings. The largest absolute Gasteiger partial charge is 0.418 e. The van der Waals surface area contributed by atoms with Crippen LogP contribution in [0.3, 0.4) is 0 Å². The van der Waals surface area contributed by atoms with Gasteiger partial charge in [-0.2, -0.15) is 13.2 Å². The highest BCUT2D eigenvalue weighted by molar-refractivity contribution is 7.92. The molecule has 0 fully saturated rings. The van der Waals surface area contributed by atoms with Gasteiger partial charge in [0.1, 0.15) is 6.04 Å². The highest BCUT2D eigenvalue weighted by Crippen LogP contribution is 2.35. The minimum atomic E-state index is -4.67. The molecule has 28 heavy (non-hydrogen) atoms. The van der Waals surface area contributed by atoms with E-state index < -0.39 is 39.4 Å². The molecule has 2 rings (SSSR count). The molecule has 1 N–H and O–H groups in total. The Kier molecular flexibility index (Phi) is 6.30. The van der Waals surface area contributed by atoms with Crippen molar-refractivity contribution in [1.29, 1.82) is 0 Å². The third-order valence-electron chi connectivity index (χ3n) is 3.99. The molecular weight excluding hydrogens is 417 g/mol. The number of carbonyl (C=O) groups excluding carboxylic acids is 1. The van der Waals surface area contributed by atoms with Crippen LogP contribution < -0.4 is 9.62 Å². The van der Waals surface area contributed by atoms with Crippen LogP contribution in [0.5, 0.6) is 0 Å². The average molecular weight is 435 g/mol. The van der Waals surface area contributed by atoms with Gasteiger partial charge >= 0.3 is 6.18 Å². The van der Waals surface area contributed by atoms with Gasteiger partial charge in [-0.15, -0.1) is 0 Å². The van der Waals surface area contributed by atoms with Crippen molar-refractivity contribution in [3.63, 3.8) is 0 Å². The monoisotopic (exact) mass is 434 g/mol. The Balaban J connectivity index is 2.40. The second kappa shape index (κ2) is 8.00. The van der Waals surface area contributed by atoms with Crippen LogP contribution in [-0.2, 0) is 21.0 Å². The Morgan fingerprint density at radius 2 is 1.79 bits per heavy atom. The predicted octanol–water partition coefficient (Wildman–Crippen LogP) is 4.46. The van der Waals surface area contributed by atoms with Crippen molar-refractivity contribution in [3.05, 3.63) is 58.6 Å². The first-order valence-corrected chi connectivity index (χ1v) is 10.3. The number of hydrogen-bond acceptors (Lipinski definition) is 3. The van der Waals surface area contributed by atoms with Crippen molar-refractivity contribution >= 4 is 38.9 Å². The third kappa shape index (κ3) is 4.96. The summed E-state index contributed by atoms with van der Waals surface area (Å²) in [5.74, 6) is -0.918. The van der Waals surface area contributed by atoms with E-state index in [1.54, 1.807) is 13.0 Å². The van der Waals surface area contributed by atoms with E-state index >= 15 is 0 Å². The molecule has 0 radical (unpaired) electrons. The molecule has 0 unspecified atom stereocenters. The van der Waals surface area contributed by atoms with Gasteiger partial charge in [-0.3, -0.25) is 9.10 Å². The Morgan fingerprint density at radius 1 is 1.18 bits per heavy atom. The standard InChI is InChI=1S/C18H18ClF3N2O3S/c1-11-8-9-13(10-15(11)19)24(28(3,26)27)12(2)17(25)23-16-7-5-4-6-14(16)18(20,21)22/h4-10,12H,1-3H3,(H,23,25)/t12-/m1/s1. The van der Waals surface area contributed by atoms with Gasteiger partial charge in [-0.1, -0.05) is 29.8 Å². The van der Waals surface area contributed by atoms with E-state index in [2.05, 4.69) is 5.32 Å². The summed E-state index contributed by atoms with van der Waals surface area (Å²) >= 11 is 6.05. The molecule has 0 saturated carbocycles. The van der Waals surface area contributed by atoms with E-state index in [0.717, 1.165) is 22.7 Å². The number of amides is 1. The number of hydrogen-bond donors (Lipinski definition) is 1. The molecule has 0 aliphatic heterocycles. The van der Waals surface area contributed by atoms with Crippen LogP contribution in [0.4, 0.5) is 24.5 Å². The topological polar surface area (TPSA) is 66.5 Å². The van der Waals surface area contributed by atoms with Gasteiger partial charge in [0.15, 0.2) is 0 Å². The fraction of sp³-hybridized carbons (Fsp3) is 0.278. The van der Waals surface area contributed by atoms with Crippen LogP contribution in [0.2, 0.25) is 5.02 Å². The first-order valence-electron chi connectivity index (χ1n) is 8.05. The number of aryl methyl sites for hydroxylation is 1. The summed E-state index contributed by atoms with van der Waals surface area (Å²) in [6.45, 7) is 3.00. The zero-order valence-electron chi connectivity index (χ0n) is 15.2. The molecule has 0 spiro atoms. The van der Waals surface area contributed by atoms with Gasteiger partial charge in [0.05, 0.1) is 23.2 Å². The Labute approximate surface area is 166 Å². The summed E-state index contributed by atoms with van der Waals surface area (Å²) < 4.78 is 64.7. The molecule has 0 bridgehead atoms. The number of nitrogens with one attached hydrogen (secondary N) is 1. The Morgan fingerprint density at radius 3 is 2.32 bits per heavy atom. The molecule has 5 nitrogen and oxygen atoms in total. The van der Waals surface area contributed by atoms with Crippen LogP contribution in [0.25, 0.3) is 0 Å². The number of rotatable bonds is 5. The molecular formula is C18H18ClF3N2O3S. The first-order chi connectivity index (χ1) is 12.8. The third-order valence-corrected chi connectivity index (χ3v) is 5.64. The number of anilines is 2. The smallest absolute Gasteiger partial charge is 0.324 e. The maximum absolute atomic E-state index is 13.1. The highest BCUT2D eigenvalue weighted by atomic mass is 35.5. The number of benzene rings is 2. The predicted molar refractivity (Wildman–Crippen MR) is 103 cm³/mol. The lowest BCUT2D eigenvalue weighted by Gasteiger charge is -2.29. The van der Waals surface area contributed by atoms with Crippen LogP contribution >= 0.6 is 11.6 Å². The second-order valence-electron chi connectivity index (χ2n) is 6.20. The molecule has 1 atom stereocenters. The zero-order valence-corrected chi connectivity index (χ0v) is 16.8. The first kappa shape index (κ1) is 22.0. The molecule has 0 aliphatic carbocycles.